The number of nitrogens with zero attached hydrogens (tertiary/aromatic N) is 2. The lowest BCUT2D eigenvalue weighted by atomic mass is 9.85. The molecule has 0 bridgehead atoms. The van der Waals surface area contributed by atoms with Gasteiger partial charge in [0.15, 0.2) is 46.0 Å². The highest BCUT2D eigenvalue weighted by Gasteiger charge is 2.43. The van der Waals surface area contributed by atoms with Gasteiger partial charge in [-0.15, -0.1) is 0 Å². The van der Waals surface area contributed by atoms with Crippen LogP contribution in [0.15, 0.2) is 54.6 Å². The number of esters is 2. The Morgan fingerprint density at radius 1 is 0.485 bits per heavy atom. The van der Waals surface area contributed by atoms with E-state index in [4.69, 9.17) is 52.1 Å². The number of carbonyl (C=O) groups excluding carboxylic acids is 2. The van der Waals surface area contributed by atoms with Crippen molar-refractivity contribution in [2.24, 2.45) is 0 Å². The van der Waals surface area contributed by atoms with Gasteiger partial charge < -0.3 is 61.1 Å². The predicted molar refractivity (Wildman–Crippen MR) is 257 cm³/mol. The van der Waals surface area contributed by atoms with Crippen molar-refractivity contribution in [1.29, 1.82) is 0 Å². The van der Waals surface area contributed by atoms with Gasteiger partial charge in [0.1, 0.15) is 12.1 Å². The molecule has 0 saturated heterocycles. The monoisotopic (exact) mass is 945 g/mol. The predicted octanol–water partition coefficient (Wildman–Crippen LogP) is 7.68. The molecule has 0 aromatic heterocycles. The molecule has 0 aliphatic carbocycles. The lowest BCUT2D eigenvalue weighted by Crippen LogP contribution is -2.52. The SMILES string of the molecule is COc1ccc(CC2c3cc(OC)c(OC)cc3CC[N+]2(C)CCCOC(=O)CCC(=O)OCCC[N+]2(C)CCc3cc(OC)c(OC)c(OC)c3C2Cc2ccc(OC)c(OC)c2)cc1OC. The summed E-state index contributed by atoms with van der Waals surface area (Å²) in [7, 11) is 19.3. The zero-order chi connectivity index (χ0) is 49.0. The Morgan fingerprint density at radius 3 is 1.40 bits per heavy atom. The fraction of sp³-hybridized carbons (Fsp3) is 0.509. The first-order valence-electron chi connectivity index (χ1n) is 23.3. The molecule has 0 amide bonds. The molecular weight excluding hydrogens is 873 g/mol. The zero-order valence-electron chi connectivity index (χ0n) is 42.0. The fourth-order valence-corrected chi connectivity index (χ4v) is 10.2. The molecular formula is C53H72N2O13+2. The van der Waals surface area contributed by atoms with Crippen molar-refractivity contribution in [3.63, 3.8) is 0 Å². The normalized spacial score (nSPS) is 19.4. The number of ether oxygens (including phenoxy) is 11. The first-order valence-corrected chi connectivity index (χ1v) is 23.3. The smallest absolute Gasteiger partial charge is 0.306 e. The summed E-state index contributed by atoms with van der Waals surface area (Å²) < 4.78 is 64.1. The van der Waals surface area contributed by atoms with Crippen LogP contribution < -0.4 is 42.6 Å². The number of methoxy groups -OCH3 is 9. The molecule has 6 rings (SSSR count). The Kier molecular flexibility index (Phi) is 17.6. The number of rotatable bonds is 24. The van der Waals surface area contributed by atoms with E-state index < -0.39 is 11.9 Å². The summed E-state index contributed by atoms with van der Waals surface area (Å²) in [5, 5.41) is 0. The third-order valence-corrected chi connectivity index (χ3v) is 14.0. The van der Waals surface area contributed by atoms with Gasteiger partial charge in [-0.05, 0) is 64.7 Å². The Bertz CT molecular complexity index is 2370. The van der Waals surface area contributed by atoms with Gasteiger partial charge in [0, 0.05) is 44.1 Å². The zero-order valence-corrected chi connectivity index (χ0v) is 42.0. The summed E-state index contributed by atoms with van der Waals surface area (Å²) in [6.45, 7) is 3.71. The van der Waals surface area contributed by atoms with Crippen molar-refractivity contribution < 1.29 is 70.7 Å². The van der Waals surface area contributed by atoms with Crippen molar-refractivity contribution >= 4 is 11.9 Å². The Labute approximate surface area is 402 Å². The average molecular weight is 945 g/mol. The molecule has 0 fully saturated rings. The van der Waals surface area contributed by atoms with E-state index in [0.29, 0.717) is 75.5 Å². The van der Waals surface area contributed by atoms with Crippen LogP contribution in [0.1, 0.15) is 71.1 Å². The minimum Gasteiger partial charge on any atom is -0.493 e. The molecule has 2 aliphatic rings. The average Bonchev–Trinajstić information content (AvgIpc) is 3.36. The second kappa shape index (κ2) is 23.3. The molecule has 0 N–H and O–H groups in total. The van der Waals surface area contributed by atoms with Crippen LogP contribution in [0.25, 0.3) is 0 Å². The molecule has 4 atom stereocenters. The Morgan fingerprint density at radius 2 is 0.912 bits per heavy atom. The minimum atomic E-state index is -0.427. The van der Waals surface area contributed by atoms with E-state index in [2.05, 4.69) is 44.4 Å². The van der Waals surface area contributed by atoms with Gasteiger partial charge in [0.2, 0.25) is 5.75 Å². The summed E-state index contributed by atoms with van der Waals surface area (Å²) >= 11 is 0. The highest BCUT2D eigenvalue weighted by molar-refractivity contribution is 5.77. The summed E-state index contributed by atoms with van der Waals surface area (Å²) in [5.41, 5.74) is 6.83. The molecule has 370 valence electrons. The minimum absolute atomic E-state index is 0.0384. The van der Waals surface area contributed by atoms with E-state index in [9.17, 15) is 9.59 Å². The van der Waals surface area contributed by atoms with E-state index in [-0.39, 0.29) is 38.1 Å². The summed E-state index contributed by atoms with van der Waals surface area (Å²) in [6, 6.07) is 18.3. The third-order valence-electron chi connectivity index (χ3n) is 14.0. The quantitative estimate of drug-likeness (QED) is 0.0387. The molecule has 2 heterocycles. The van der Waals surface area contributed by atoms with Crippen LogP contribution >= 0.6 is 0 Å². The standard InChI is InChI=1S/C53H72N2O13/c1-54(24-20-37-32-46(62-7)47(63-8)34-39(37)40(54)28-35-14-16-42(58-3)44(30-35)60-5)22-12-26-67-49(56)18-19-50(57)68-27-13-23-55(2)25-21-38-33-48(64-9)52(65-10)53(66-11)51(38)41(55)29-36-15-17-43(59-4)45(31-36)61-6/h14-17,30-34,40-41H,12-13,18-29H2,1-11H3/q+2. The lowest BCUT2D eigenvalue weighted by molar-refractivity contribution is -0.941. The third kappa shape index (κ3) is 11.4. The molecule has 68 heavy (non-hydrogen) atoms. The highest BCUT2D eigenvalue weighted by Crippen LogP contribution is 2.51. The van der Waals surface area contributed by atoms with Crippen molar-refractivity contribution in [2.45, 2.75) is 63.5 Å². The number of hydrogen-bond acceptors (Lipinski definition) is 13. The van der Waals surface area contributed by atoms with Crippen LogP contribution in [-0.4, -0.2) is 138 Å². The molecule has 0 spiro atoms. The van der Waals surface area contributed by atoms with Crippen molar-refractivity contribution in [1.82, 2.24) is 0 Å². The molecule has 0 saturated carbocycles. The topological polar surface area (TPSA) is 136 Å². The van der Waals surface area contributed by atoms with Gasteiger partial charge in [-0.2, -0.15) is 0 Å². The van der Waals surface area contributed by atoms with Crippen LogP contribution in [0.5, 0.6) is 51.7 Å². The van der Waals surface area contributed by atoms with E-state index >= 15 is 0 Å². The van der Waals surface area contributed by atoms with E-state index in [1.807, 2.05) is 24.3 Å². The maximum absolute atomic E-state index is 13.0. The van der Waals surface area contributed by atoms with Gasteiger partial charge in [-0.3, -0.25) is 9.59 Å². The van der Waals surface area contributed by atoms with E-state index in [1.165, 1.54) is 11.1 Å². The summed E-state index contributed by atoms with van der Waals surface area (Å²) in [4.78, 5) is 25.9. The summed E-state index contributed by atoms with van der Waals surface area (Å²) in [6.07, 6.45) is 4.24. The van der Waals surface area contributed by atoms with Gasteiger partial charge in [-0.1, -0.05) is 12.1 Å². The van der Waals surface area contributed by atoms with Crippen LogP contribution in [0.3, 0.4) is 0 Å². The van der Waals surface area contributed by atoms with Gasteiger partial charge >= 0.3 is 11.9 Å². The summed E-state index contributed by atoms with van der Waals surface area (Å²) in [5.74, 6) is 5.06. The van der Waals surface area contributed by atoms with Crippen LogP contribution in [0.4, 0.5) is 0 Å². The molecule has 0 radical (unpaired) electrons. The van der Waals surface area contributed by atoms with Crippen molar-refractivity contribution in [3.8, 4) is 51.7 Å². The molecule has 15 heteroatoms. The number of quaternary nitrogens is 2. The first kappa shape index (κ1) is 51.3. The number of hydrogen-bond donors (Lipinski definition) is 0. The Hall–Kier alpha value is -6.06. The van der Waals surface area contributed by atoms with Gasteiger partial charge in [0.05, 0.1) is 136 Å². The maximum atomic E-state index is 13.0. The Balaban J connectivity index is 1.04. The number of fused-ring (bicyclic) bond motifs is 2. The highest BCUT2D eigenvalue weighted by atomic mass is 16.5. The molecule has 4 aromatic rings. The van der Waals surface area contributed by atoms with E-state index in [1.54, 1.807) is 64.0 Å². The van der Waals surface area contributed by atoms with Crippen molar-refractivity contribution in [2.75, 3.05) is 117 Å². The number of carbonyl (C=O) groups is 2. The van der Waals surface area contributed by atoms with Crippen LogP contribution in [0.2, 0.25) is 0 Å². The molecule has 2 aliphatic heterocycles. The van der Waals surface area contributed by atoms with Gasteiger partial charge in [-0.25, -0.2) is 0 Å². The second-order valence-corrected chi connectivity index (χ2v) is 17.9. The maximum Gasteiger partial charge on any atom is 0.306 e. The van der Waals surface area contributed by atoms with Crippen LogP contribution in [0, 0.1) is 0 Å². The van der Waals surface area contributed by atoms with Crippen molar-refractivity contribution in [3.05, 3.63) is 88.0 Å². The second-order valence-electron chi connectivity index (χ2n) is 17.9. The molecule has 4 aromatic carbocycles. The first-order chi connectivity index (χ1) is 32.8. The molecule has 4 unspecified atom stereocenters. The number of benzene rings is 4. The molecule has 15 nitrogen and oxygen atoms in total. The lowest BCUT2D eigenvalue weighted by Gasteiger charge is -2.46. The van der Waals surface area contributed by atoms with Gasteiger partial charge in [0.25, 0.3) is 0 Å². The fourth-order valence-electron chi connectivity index (χ4n) is 10.2. The largest absolute Gasteiger partial charge is 0.493 e. The number of likely N-dealkylation sites (N-methyl/N-ethyl adjacent to an activating group) is 2. The van der Waals surface area contributed by atoms with Crippen LogP contribution in [-0.2, 0) is 44.7 Å². The van der Waals surface area contributed by atoms with E-state index in [0.717, 1.165) is 72.2 Å².